The highest BCUT2D eigenvalue weighted by Crippen LogP contribution is 2.03. The van der Waals surface area contributed by atoms with Crippen LogP contribution in [0.2, 0.25) is 0 Å². The van der Waals surface area contributed by atoms with Crippen molar-refractivity contribution < 1.29 is 0 Å². The molecule has 2 unspecified atom stereocenters. The predicted octanol–water partition coefficient (Wildman–Crippen LogP) is 0.671. The molecule has 0 rings (SSSR count). The van der Waals surface area contributed by atoms with E-state index in [1.165, 1.54) is 0 Å². The summed E-state index contributed by atoms with van der Waals surface area (Å²) in [6.45, 7) is 0. The molecule has 0 aliphatic heterocycles. The van der Waals surface area contributed by atoms with Crippen LogP contribution in [0.25, 0.3) is 0 Å². The lowest BCUT2D eigenvalue weighted by Gasteiger charge is -2.15. The Bertz CT molecular complexity index is 80.5. The molecule has 0 aromatic heterocycles. The summed E-state index contributed by atoms with van der Waals surface area (Å²) >= 11 is 8.20. The van der Waals surface area contributed by atoms with Gasteiger partial charge in [-0.05, 0) is 30.8 Å². The Morgan fingerprint density at radius 1 is 0.909 bits per heavy atom. The summed E-state index contributed by atoms with van der Waals surface area (Å²) in [5.41, 5.74) is 11.5. The Kier molecular flexibility index (Phi) is 7.69. The van der Waals surface area contributed by atoms with Gasteiger partial charge in [-0.3, -0.25) is 0 Å². The Morgan fingerprint density at radius 3 is 1.55 bits per heavy atom. The van der Waals surface area contributed by atoms with Gasteiger partial charge in [-0.2, -0.15) is 25.3 Å². The van der Waals surface area contributed by atoms with Crippen LogP contribution in [-0.2, 0) is 0 Å². The molecule has 2 nitrogen and oxygen atoms in total. The zero-order valence-electron chi connectivity index (χ0n) is 6.74. The van der Waals surface area contributed by atoms with Crippen molar-refractivity contribution in [1.29, 1.82) is 0 Å². The summed E-state index contributed by atoms with van der Waals surface area (Å²) in [5.74, 6) is 1.68. The molecule has 4 N–H and O–H groups in total. The number of hydrogen-bond donors (Lipinski definition) is 4. The topological polar surface area (TPSA) is 52.0 Å². The van der Waals surface area contributed by atoms with Crippen molar-refractivity contribution in [3.63, 3.8) is 0 Å². The number of hydrogen-bond acceptors (Lipinski definition) is 4. The molecule has 0 heterocycles. The Hall–Kier alpha value is 0.620. The molecule has 0 amide bonds. The summed E-state index contributed by atoms with van der Waals surface area (Å²) < 4.78 is 0. The van der Waals surface area contributed by atoms with Gasteiger partial charge < -0.3 is 11.5 Å². The van der Waals surface area contributed by atoms with Gasteiger partial charge in [-0.25, -0.2) is 0 Å². The zero-order chi connectivity index (χ0) is 8.69. The molecule has 0 saturated heterocycles. The maximum atomic E-state index is 5.76. The van der Waals surface area contributed by atoms with Gasteiger partial charge in [0, 0.05) is 12.1 Å². The van der Waals surface area contributed by atoms with E-state index in [-0.39, 0.29) is 12.1 Å². The van der Waals surface area contributed by atoms with Crippen molar-refractivity contribution in [1.82, 2.24) is 0 Å². The van der Waals surface area contributed by atoms with E-state index in [0.29, 0.717) is 0 Å². The molecule has 4 heteroatoms. The van der Waals surface area contributed by atoms with Gasteiger partial charge in [0.15, 0.2) is 0 Å². The fraction of sp³-hybridized carbons (Fsp3) is 1.00. The van der Waals surface area contributed by atoms with E-state index in [1.54, 1.807) is 0 Å². The second kappa shape index (κ2) is 7.28. The first-order valence-electron chi connectivity index (χ1n) is 3.93. The third-order valence-electron chi connectivity index (χ3n) is 1.61. The lowest BCUT2D eigenvalue weighted by molar-refractivity contribution is 0.506. The van der Waals surface area contributed by atoms with Crippen LogP contribution < -0.4 is 11.5 Å². The quantitative estimate of drug-likeness (QED) is 0.470. The fourth-order valence-electron chi connectivity index (χ4n) is 0.956. The van der Waals surface area contributed by atoms with Crippen LogP contribution in [0.3, 0.4) is 0 Å². The van der Waals surface area contributed by atoms with Gasteiger partial charge in [0.2, 0.25) is 0 Å². The monoisotopic (exact) mass is 194 g/mol. The Morgan fingerprint density at radius 2 is 1.27 bits per heavy atom. The van der Waals surface area contributed by atoms with Crippen molar-refractivity contribution >= 4 is 25.3 Å². The average Bonchev–Trinajstić information content (AvgIpc) is 1.87. The zero-order valence-corrected chi connectivity index (χ0v) is 8.53. The first kappa shape index (κ1) is 11.6. The van der Waals surface area contributed by atoms with Gasteiger partial charge in [-0.15, -0.1) is 0 Å². The summed E-state index contributed by atoms with van der Waals surface area (Å²) in [4.78, 5) is 0. The van der Waals surface area contributed by atoms with Gasteiger partial charge in [-0.1, -0.05) is 0 Å². The number of thiol groups is 2. The maximum absolute atomic E-state index is 5.76. The highest BCUT2D eigenvalue weighted by atomic mass is 32.1. The first-order chi connectivity index (χ1) is 5.20. The van der Waals surface area contributed by atoms with Crippen molar-refractivity contribution in [3.8, 4) is 0 Å². The smallest absolute Gasteiger partial charge is 0.00613 e. The molecule has 0 bridgehead atoms. The summed E-state index contributed by atoms with van der Waals surface area (Å²) in [7, 11) is 0. The normalized spacial score (nSPS) is 16.4. The lowest BCUT2D eigenvalue weighted by atomic mass is 10.0. The van der Waals surface area contributed by atoms with Crippen LogP contribution in [0.4, 0.5) is 0 Å². The van der Waals surface area contributed by atoms with Crippen LogP contribution >= 0.6 is 25.3 Å². The standard InChI is InChI=1S/C7H18N2S2/c8-6(1-3-10)5-7(9)2-4-11/h6-7,10-11H,1-5,8-9H2. The highest BCUT2D eigenvalue weighted by Gasteiger charge is 2.07. The third kappa shape index (κ3) is 7.00. The summed E-state index contributed by atoms with van der Waals surface area (Å²) in [6.07, 6.45) is 2.79. The van der Waals surface area contributed by atoms with Gasteiger partial charge >= 0.3 is 0 Å². The molecule has 0 spiro atoms. The molecule has 0 aliphatic carbocycles. The van der Waals surface area contributed by atoms with Gasteiger partial charge in [0.1, 0.15) is 0 Å². The van der Waals surface area contributed by atoms with Crippen molar-refractivity contribution in [2.75, 3.05) is 11.5 Å². The minimum atomic E-state index is 0.211. The van der Waals surface area contributed by atoms with E-state index in [9.17, 15) is 0 Å². The van der Waals surface area contributed by atoms with Crippen LogP contribution in [0, 0.1) is 0 Å². The second-order valence-corrected chi connectivity index (χ2v) is 3.67. The van der Waals surface area contributed by atoms with Crippen molar-refractivity contribution in [3.05, 3.63) is 0 Å². The molecule has 0 saturated carbocycles. The minimum Gasteiger partial charge on any atom is -0.328 e. The third-order valence-corrected chi connectivity index (χ3v) is 2.12. The van der Waals surface area contributed by atoms with E-state index in [4.69, 9.17) is 11.5 Å². The predicted molar refractivity (Wildman–Crippen MR) is 57.5 cm³/mol. The fourth-order valence-corrected chi connectivity index (χ4v) is 1.62. The van der Waals surface area contributed by atoms with E-state index < -0.39 is 0 Å². The van der Waals surface area contributed by atoms with Crippen LogP contribution in [0.5, 0.6) is 0 Å². The van der Waals surface area contributed by atoms with Gasteiger partial charge in [0.25, 0.3) is 0 Å². The van der Waals surface area contributed by atoms with E-state index >= 15 is 0 Å². The molecule has 68 valence electrons. The van der Waals surface area contributed by atoms with E-state index in [0.717, 1.165) is 30.8 Å². The molecule has 0 radical (unpaired) electrons. The highest BCUT2D eigenvalue weighted by molar-refractivity contribution is 7.80. The molecule has 11 heavy (non-hydrogen) atoms. The summed E-state index contributed by atoms with van der Waals surface area (Å²) in [6, 6.07) is 0.421. The SMILES string of the molecule is NC(CCS)CC(N)CCS. The second-order valence-electron chi connectivity index (χ2n) is 2.78. The summed E-state index contributed by atoms with van der Waals surface area (Å²) in [5, 5.41) is 0. The molecule has 0 fully saturated rings. The molecule has 2 atom stereocenters. The Balaban J connectivity index is 3.32. The van der Waals surface area contributed by atoms with Crippen molar-refractivity contribution in [2.45, 2.75) is 31.3 Å². The molecule has 0 aromatic carbocycles. The molecule has 0 aliphatic rings. The van der Waals surface area contributed by atoms with Crippen LogP contribution in [0.1, 0.15) is 19.3 Å². The molecular weight excluding hydrogens is 176 g/mol. The van der Waals surface area contributed by atoms with Crippen LogP contribution in [-0.4, -0.2) is 23.6 Å². The largest absolute Gasteiger partial charge is 0.328 e. The van der Waals surface area contributed by atoms with Gasteiger partial charge in [0.05, 0.1) is 0 Å². The maximum Gasteiger partial charge on any atom is 0.00613 e. The molecule has 0 aromatic rings. The average molecular weight is 194 g/mol. The van der Waals surface area contributed by atoms with E-state index in [1.807, 2.05) is 0 Å². The Labute approximate surface area is 79.9 Å². The van der Waals surface area contributed by atoms with Crippen LogP contribution in [0.15, 0.2) is 0 Å². The van der Waals surface area contributed by atoms with Crippen molar-refractivity contribution in [2.24, 2.45) is 11.5 Å². The minimum absolute atomic E-state index is 0.211. The number of nitrogens with two attached hydrogens (primary N) is 2. The molecular formula is C7H18N2S2. The number of rotatable bonds is 6. The first-order valence-corrected chi connectivity index (χ1v) is 5.20. The van der Waals surface area contributed by atoms with E-state index in [2.05, 4.69) is 25.3 Å². The lowest BCUT2D eigenvalue weighted by Crippen LogP contribution is -2.31.